The van der Waals surface area contributed by atoms with E-state index >= 15 is 0 Å². The molecule has 0 aromatic heterocycles. The fraction of sp³-hybridized carbons (Fsp3) is 0.600. The van der Waals surface area contributed by atoms with Crippen molar-refractivity contribution in [1.29, 1.82) is 0 Å². The van der Waals surface area contributed by atoms with Crippen LogP contribution in [-0.4, -0.2) is 22.4 Å². The average molecular weight is 182 g/mol. The zero-order chi connectivity index (χ0) is 9.26. The van der Waals surface area contributed by atoms with E-state index < -0.39 is 0 Å². The number of rotatable bonds is 4. The highest BCUT2D eigenvalue weighted by molar-refractivity contribution is 5.02. The number of aliphatic hydroxyl groups excluding tert-OH is 2. The van der Waals surface area contributed by atoms with Crippen molar-refractivity contribution in [2.24, 2.45) is 11.8 Å². The van der Waals surface area contributed by atoms with Gasteiger partial charge in [0.05, 0.1) is 24.7 Å². The fourth-order valence-electron chi connectivity index (χ4n) is 1.15. The third kappa shape index (κ3) is 2.57. The van der Waals surface area contributed by atoms with Crippen molar-refractivity contribution in [3.63, 3.8) is 0 Å². The maximum atomic E-state index is 8.96. The predicted octanol–water partition coefficient (Wildman–Crippen LogP) is 0.792. The molecule has 2 aliphatic rings. The van der Waals surface area contributed by atoms with Gasteiger partial charge >= 0.3 is 0 Å². The molecule has 4 unspecified atom stereocenters. The molecule has 2 saturated carbocycles. The Bertz CT molecular complexity index is 210. The molecule has 3 nitrogen and oxygen atoms in total. The zero-order valence-corrected chi connectivity index (χ0v) is 7.34. The van der Waals surface area contributed by atoms with Gasteiger partial charge < -0.3 is 14.9 Å². The summed E-state index contributed by atoms with van der Waals surface area (Å²) in [5, 5.41) is 17.9. The second-order valence-corrected chi connectivity index (χ2v) is 3.73. The second-order valence-electron chi connectivity index (χ2n) is 3.73. The Labute approximate surface area is 77.3 Å². The van der Waals surface area contributed by atoms with E-state index in [1.54, 1.807) is 12.5 Å². The van der Waals surface area contributed by atoms with Crippen LogP contribution in [0.15, 0.2) is 24.7 Å². The molecule has 0 aliphatic heterocycles. The van der Waals surface area contributed by atoms with Gasteiger partial charge in [0.25, 0.3) is 0 Å². The number of aliphatic hydroxyl groups is 2. The zero-order valence-electron chi connectivity index (χ0n) is 7.34. The van der Waals surface area contributed by atoms with Crippen LogP contribution in [0.25, 0.3) is 0 Å². The molecule has 0 amide bonds. The molecule has 2 rings (SSSR count). The van der Waals surface area contributed by atoms with Crippen LogP contribution >= 0.6 is 0 Å². The maximum absolute atomic E-state index is 8.96. The van der Waals surface area contributed by atoms with Crippen LogP contribution in [0.3, 0.4) is 0 Å². The molecule has 0 bridgehead atoms. The molecular formula is C10H14O3. The van der Waals surface area contributed by atoms with Crippen molar-refractivity contribution in [2.75, 3.05) is 0 Å². The minimum atomic E-state index is -0.158. The van der Waals surface area contributed by atoms with Gasteiger partial charge in [0.1, 0.15) is 0 Å². The van der Waals surface area contributed by atoms with Gasteiger partial charge in [0.2, 0.25) is 0 Å². The van der Waals surface area contributed by atoms with Crippen molar-refractivity contribution in [3.05, 3.63) is 24.7 Å². The Hall–Kier alpha value is -0.800. The van der Waals surface area contributed by atoms with Gasteiger partial charge in [0.15, 0.2) is 0 Å². The van der Waals surface area contributed by atoms with Crippen LogP contribution in [0.5, 0.6) is 0 Å². The van der Waals surface area contributed by atoms with E-state index in [9.17, 15) is 0 Å². The second kappa shape index (κ2) is 3.52. The highest BCUT2D eigenvalue weighted by Crippen LogP contribution is 2.32. The lowest BCUT2D eigenvalue weighted by Crippen LogP contribution is -1.81. The molecule has 0 aromatic carbocycles. The summed E-state index contributed by atoms with van der Waals surface area (Å²) in [4.78, 5) is 0. The van der Waals surface area contributed by atoms with E-state index in [2.05, 4.69) is 0 Å². The third-order valence-electron chi connectivity index (χ3n) is 2.42. The molecule has 72 valence electrons. The van der Waals surface area contributed by atoms with E-state index in [1.807, 2.05) is 12.2 Å². The van der Waals surface area contributed by atoms with E-state index in [-0.39, 0.29) is 12.2 Å². The Morgan fingerprint density at radius 1 is 0.923 bits per heavy atom. The Morgan fingerprint density at radius 3 is 1.62 bits per heavy atom. The van der Waals surface area contributed by atoms with Gasteiger partial charge in [-0.15, -0.1) is 0 Å². The van der Waals surface area contributed by atoms with E-state index in [0.717, 1.165) is 12.8 Å². The molecule has 2 fully saturated rings. The van der Waals surface area contributed by atoms with Crippen LogP contribution in [0.1, 0.15) is 12.8 Å². The minimum Gasteiger partial charge on any atom is -0.473 e. The summed E-state index contributed by atoms with van der Waals surface area (Å²) in [6.45, 7) is 0. The smallest absolute Gasteiger partial charge is 0.0865 e. The number of hydrogen-bond donors (Lipinski definition) is 2. The van der Waals surface area contributed by atoms with Gasteiger partial charge in [-0.1, -0.05) is 0 Å². The molecular weight excluding hydrogens is 168 g/mol. The predicted molar refractivity (Wildman–Crippen MR) is 47.6 cm³/mol. The normalized spacial score (nSPS) is 42.9. The molecule has 2 aliphatic carbocycles. The van der Waals surface area contributed by atoms with Crippen LogP contribution in [0, 0.1) is 11.8 Å². The molecule has 13 heavy (non-hydrogen) atoms. The van der Waals surface area contributed by atoms with Crippen molar-refractivity contribution < 1.29 is 14.9 Å². The van der Waals surface area contributed by atoms with Crippen molar-refractivity contribution in [3.8, 4) is 0 Å². The fourth-order valence-corrected chi connectivity index (χ4v) is 1.15. The Kier molecular flexibility index (Phi) is 2.38. The van der Waals surface area contributed by atoms with Crippen molar-refractivity contribution in [2.45, 2.75) is 25.0 Å². The lowest BCUT2D eigenvalue weighted by molar-refractivity contribution is 0.266. The quantitative estimate of drug-likeness (QED) is 0.632. The van der Waals surface area contributed by atoms with E-state index in [4.69, 9.17) is 14.9 Å². The standard InChI is InChI=1S/C10H14O3/c11-9-5-7(9)1-3-13-4-2-8-6-10(8)12/h1-4,7-12H,5-6H2. The van der Waals surface area contributed by atoms with Crippen LogP contribution in [0.2, 0.25) is 0 Å². The third-order valence-corrected chi connectivity index (χ3v) is 2.42. The first-order valence-electron chi connectivity index (χ1n) is 4.62. The lowest BCUT2D eigenvalue weighted by atomic mass is 10.4. The number of hydrogen-bond acceptors (Lipinski definition) is 3. The van der Waals surface area contributed by atoms with Crippen molar-refractivity contribution in [1.82, 2.24) is 0 Å². The van der Waals surface area contributed by atoms with Gasteiger partial charge in [-0.3, -0.25) is 0 Å². The topological polar surface area (TPSA) is 49.7 Å². The SMILES string of the molecule is OC1CC1C=COC=CC1CC1O. The van der Waals surface area contributed by atoms with Crippen molar-refractivity contribution >= 4 is 0 Å². The van der Waals surface area contributed by atoms with Gasteiger partial charge in [-0.25, -0.2) is 0 Å². The summed E-state index contributed by atoms with van der Waals surface area (Å²) in [5.41, 5.74) is 0. The highest BCUT2D eigenvalue weighted by atomic mass is 16.5. The summed E-state index contributed by atoms with van der Waals surface area (Å²) in [5.74, 6) is 0.583. The van der Waals surface area contributed by atoms with Crippen LogP contribution < -0.4 is 0 Å². The summed E-state index contributed by atoms with van der Waals surface area (Å²) >= 11 is 0. The summed E-state index contributed by atoms with van der Waals surface area (Å²) in [7, 11) is 0. The van der Waals surface area contributed by atoms with Gasteiger partial charge in [-0.05, 0) is 25.0 Å². The molecule has 2 N–H and O–H groups in total. The first kappa shape index (κ1) is 8.78. The van der Waals surface area contributed by atoms with Gasteiger partial charge in [-0.2, -0.15) is 0 Å². The molecule has 0 aromatic rings. The first-order chi connectivity index (χ1) is 6.27. The summed E-state index contributed by atoms with van der Waals surface area (Å²) < 4.78 is 5.05. The molecule has 4 atom stereocenters. The summed E-state index contributed by atoms with van der Waals surface area (Å²) in [6.07, 6.45) is 8.29. The molecule has 3 heteroatoms. The monoisotopic (exact) mass is 182 g/mol. The average Bonchev–Trinajstić information content (AvgIpc) is 2.95. The van der Waals surface area contributed by atoms with E-state index in [1.165, 1.54) is 0 Å². The number of ether oxygens (including phenoxy) is 1. The highest BCUT2D eigenvalue weighted by Gasteiger charge is 2.33. The molecule has 0 spiro atoms. The van der Waals surface area contributed by atoms with Crippen LogP contribution in [-0.2, 0) is 4.74 Å². The summed E-state index contributed by atoms with van der Waals surface area (Å²) in [6, 6.07) is 0. The minimum absolute atomic E-state index is 0.158. The Morgan fingerprint density at radius 2 is 1.31 bits per heavy atom. The van der Waals surface area contributed by atoms with Crippen LogP contribution in [0.4, 0.5) is 0 Å². The largest absolute Gasteiger partial charge is 0.473 e. The Balaban J connectivity index is 1.58. The first-order valence-corrected chi connectivity index (χ1v) is 4.62. The van der Waals surface area contributed by atoms with Gasteiger partial charge in [0, 0.05) is 11.8 Å². The lowest BCUT2D eigenvalue weighted by Gasteiger charge is -1.88. The maximum Gasteiger partial charge on any atom is 0.0865 e. The van der Waals surface area contributed by atoms with E-state index in [0.29, 0.717) is 11.8 Å². The molecule has 0 heterocycles. The molecule has 0 radical (unpaired) electrons. The molecule has 0 saturated heterocycles.